The van der Waals surface area contributed by atoms with Crippen molar-refractivity contribution in [2.75, 3.05) is 47.5 Å². The molecular weight excluding hydrogens is 810 g/mol. The van der Waals surface area contributed by atoms with Crippen molar-refractivity contribution in [3.8, 4) is 0 Å². The minimum Gasteiger partial charge on any atom is -0.462 e. The Morgan fingerprint density at radius 3 is 1.02 bits per heavy atom. The van der Waals surface area contributed by atoms with E-state index in [0.717, 1.165) is 38.5 Å². The summed E-state index contributed by atoms with van der Waals surface area (Å²) < 4.78 is 34.5. The zero-order valence-corrected chi connectivity index (χ0v) is 43.5. The van der Waals surface area contributed by atoms with E-state index in [4.69, 9.17) is 18.5 Å². The highest BCUT2D eigenvalue weighted by atomic mass is 31.2. The first kappa shape index (κ1) is 62.0. The van der Waals surface area contributed by atoms with Crippen LogP contribution in [0.25, 0.3) is 0 Å². The van der Waals surface area contributed by atoms with E-state index in [1.165, 1.54) is 212 Å². The lowest BCUT2D eigenvalue weighted by Crippen LogP contribution is -2.37. The number of unbranched alkanes of at least 4 members (excludes halogenated alkanes) is 37. The Morgan fingerprint density at radius 1 is 0.429 bits per heavy atom. The Morgan fingerprint density at radius 2 is 0.714 bits per heavy atom. The largest absolute Gasteiger partial charge is 0.472 e. The summed E-state index contributed by atoms with van der Waals surface area (Å²) in [6, 6.07) is 0. The van der Waals surface area contributed by atoms with E-state index in [2.05, 4.69) is 13.8 Å². The molecule has 0 aliphatic heterocycles. The highest BCUT2D eigenvalue weighted by molar-refractivity contribution is 7.47. The van der Waals surface area contributed by atoms with Gasteiger partial charge in [-0.25, -0.2) is 4.57 Å². The number of esters is 2. The molecule has 1 unspecified atom stereocenters. The van der Waals surface area contributed by atoms with Crippen LogP contribution in [0.1, 0.15) is 277 Å². The minimum atomic E-state index is -4.37. The molecule has 0 aliphatic rings. The molecule has 0 rings (SSSR count). The minimum absolute atomic E-state index is 0.0373. The number of ether oxygens (including phenoxy) is 2. The van der Waals surface area contributed by atoms with E-state index in [0.29, 0.717) is 17.4 Å². The van der Waals surface area contributed by atoms with E-state index in [9.17, 15) is 19.0 Å². The summed E-state index contributed by atoms with van der Waals surface area (Å²) in [7, 11) is 1.50. The molecule has 0 aromatic carbocycles. The molecule has 0 aliphatic carbocycles. The summed E-state index contributed by atoms with van der Waals surface area (Å²) in [5.74, 6) is -0.775. The molecular formula is C53H107NO8P+. The number of carbonyl (C=O) groups is 2. The highest BCUT2D eigenvalue weighted by Crippen LogP contribution is 2.43. The van der Waals surface area contributed by atoms with Gasteiger partial charge in [0.15, 0.2) is 6.10 Å². The molecule has 376 valence electrons. The quantitative estimate of drug-likeness (QED) is 0.0278. The normalized spacial score (nSPS) is 13.3. The lowest BCUT2D eigenvalue weighted by atomic mass is 10.0. The number of carbonyl (C=O) groups excluding carboxylic acids is 2. The molecule has 0 amide bonds. The van der Waals surface area contributed by atoms with Crippen LogP contribution >= 0.6 is 7.82 Å². The monoisotopic (exact) mass is 917 g/mol. The summed E-state index contributed by atoms with van der Waals surface area (Å²) >= 11 is 0. The fourth-order valence-corrected chi connectivity index (χ4v) is 8.88. The number of hydrogen-bond acceptors (Lipinski definition) is 7. The summed E-state index contributed by atoms with van der Waals surface area (Å²) in [5, 5.41) is 0. The van der Waals surface area contributed by atoms with Crippen LogP contribution in [0.15, 0.2) is 0 Å². The average Bonchev–Trinajstić information content (AvgIpc) is 3.24. The molecule has 0 bridgehead atoms. The number of nitrogens with zero attached hydrogens (tertiary/aromatic N) is 1. The first-order valence-electron chi connectivity index (χ1n) is 27.3. The first-order chi connectivity index (χ1) is 30.5. The Hall–Kier alpha value is -0.990. The van der Waals surface area contributed by atoms with Gasteiger partial charge < -0.3 is 18.9 Å². The zero-order valence-electron chi connectivity index (χ0n) is 42.6. The topological polar surface area (TPSA) is 108 Å². The molecule has 1 N–H and O–H groups in total. The number of quaternary nitrogens is 1. The van der Waals surface area contributed by atoms with Crippen LogP contribution < -0.4 is 0 Å². The number of phosphoric acid groups is 1. The lowest BCUT2D eigenvalue weighted by molar-refractivity contribution is -0.870. The highest BCUT2D eigenvalue weighted by Gasteiger charge is 2.27. The van der Waals surface area contributed by atoms with E-state index >= 15 is 0 Å². The van der Waals surface area contributed by atoms with Crippen LogP contribution in [-0.4, -0.2) is 74.9 Å². The predicted molar refractivity (Wildman–Crippen MR) is 266 cm³/mol. The van der Waals surface area contributed by atoms with Gasteiger partial charge in [-0.1, -0.05) is 251 Å². The molecule has 0 fully saturated rings. The van der Waals surface area contributed by atoms with Gasteiger partial charge in [0.05, 0.1) is 27.7 Å². The van der Waals surface area contributed by atoms with Gasteiger partial charge in [0.1, 0.15) is 19.8 Å². The van der Waals surface area contributed by atoms with Crippen molar-refractivity contribution in [2.24, 2.45) is 0 Å². The maximum atomic E-state index is 12.8. The van der Waals surface area contributed by atoms with Crippen LogP contribution in [0.3, 0.4) is 0 Å². The van der Waals surface area contributed by atoms with Crippen LogP contribution in [-0.2, 0) is 32.7 Å². The number of phosphoric ester groups is 1. The van der Waals surface area contributed by atoms with Crippen molar-refractivity contribution in [3.63, 3.8) is 0 Å². The van der Waals surface area contributed by atoms with Gasteiger partial charge in [-0.15, -0.1) is 0 Å². The van der Waals surface area contributed by atoms with Crippen LogP contribution in [0.4, 0.5) is 0 Å². The van der Waals surface area contributed by atoms with Gasteiger partial charge in [0.25, 0.3) is 0 Å². The van der Waals surface area contributed by atoms with Crippen molar-refractivity contribution >= 4 is 19.8 Å². The molecule has 0 aromatic rings. The molecule has 0 saturated carbocycles. The second-order valence-corrected chi connectivity index (χ2v) is 21.4. The first-order valence-corrected chi connectivity index (χ1v) is 28.8. The average molecular weight is 917 g/mol. The third-order valence-corrected chi connectivity index (χ3v) is 13.4. The summed E-state index contributed by atoms with van der Waals surface area (Å²) in [4.78, 5) is 35.6. The molecule has 63 heavy (non-hydrogen) atoms. The second kappa shape index (κ2) is 46.1. The molecule has 0 heterocycles. The van der Waals surface area contributed by atoms with Crippen LogP contribution in [0, 0.1) is 0 Å². The summed E-state index contributed by atoms with van der Waals surface area (Å²) in [6.45, 7) is 4.50. The Labute approximate surface area is 391 Å². The maximum Gasteiger partial charge on any atom is 0.472 e. The predicted octanol–water partition coefficient (Wildman–Crippen LogP) is 16.3. The van der Waals surface area contributed by atoms with Gasteiger partial charge in [0.2, 0.25) is 0 Å². The zero-order chi connectivity index (χ0) is 46.4. The van der Waals surface area contributed by atoms with E-state index in [1.807, 2.05) is 21.1 Å². The van der Waals surface area contributed by atoms with Crippen molar-refractivity contribution in [1.82, 2.24) is 0 Å². The second-order valence-electron chi connectivity index (χ2n) is 20.0. The van der Waals surface area contributed by atoms with E-state index in [-0.39, 0.29) is 25.6 Å². The number of rotatable bonds is 51. The van der Waals surface area contributed by atoms with E-state index < -0.39 is 26.5 Å². The van der Waals surface area contributed by atoms with Gasteiger partial charge in [-0.3, -0.25) is 18.6 Å². The smallest absolute Gasteiger partial charge is 0.462 e. The molecule has 2 atom stereocenters. The Kier molecular flexibility index (Phi) is 45.4. The fraction of sp³-hybridized carbons (Fsp3) is 0.962. The maximum absolute atomic E-state index is 12.8. The lowest BCUT2D eigenvalue weighted by Gasteiger charge is -2.24. The number of hydrogen-bond donors (Lipinski definition) is 1. The Bertz CT molecular complexity index is 1040. The third-order valence-electron chi connectivity index (χ3n) is 12.4. The van der Waals surface area contributed by atoms with E-state index in [1.54, 1.807) is 0 Å². The van der Waals surface area contributed by atoms with Gasteiger partial charge in [-0.2, -0.15) is 0 Å². The fourth-order valence-electron chi connectivity index (χ4n) is 8.14. The van der Waals surface area contributed by atoms with Crippen molar-refractivity contribution in [2.45, 2.75) is 283 Å². The summed E-state index contributed by atoms with van der Waals surface area (Å²) in [6.07, 6.45) is 50.1. The SMILES string of the molecule is CCCCCCCCCCCCCCCCCCCCCCCC(=O)OC[C@H](COP(=O)(O)OCC[N+](C)(C)C)OC(=O)CCCCCCCCCCCCCCCCCCCC. The summed E-state index contributed by atoms with van der Waals surface area (Å²) in [5.41, 5.74) is 0. The molecule has 0 spiro atoms. The van der Waals surface area contributed by atoms with Gasteiger partial charge >= 0.3 is 19.8 Å². The van der Waals surface area contributed by atoms with Crippen molar-refractivity contribution in [3.05, 3.63) is 0 Å². The number of likely N-dealkylation sites (N-methyl/N-ethyl adjacent to an activating group) is 1. The molecule has 10 heteroatoms. The van der Waals surface area contributed by atoms with Gasteiger partial charge in [-0.05, 0) is 12.8 Å². The third kappa shape index (κ3) is 50.3. The van der Waals surface area contributed by atoms with Crippen LogP contribution in [0.2, 0.25) is 0 Å². The van der Waals surface area contributed by atoms with Gasteiger partial charge in [0, 0.05) is 12.8 Å². The molecule has 9 nitrogen and oxygen atoms in total. The molecule has 0 aromatic heterocycles. The van der Waals surface area contributed by atoms with Crippen molar-refractivity contribution < 1.29 is 42.1 Å². The molecule has 0 saturated heterocycles. The molecule has 0 radical (unpaired) electrons. The standard InChI is InChI=1S/C53H106NO8P/c1-6-8-10-12-14-16-18-20-22-24-26-27-28-30-31-33-35-37-39-41-43-45-52(55)59-49-51(50-61-63(57,58)60-48-47-54(3,4)5)62-53(56)46-44-42-40-38-36-34-32-29-25-23-21-19-17-15-13-11-9-7-2/h51H,6-50H2,1-5H3/p+1/t51-/m1/s1. The van der Waals surface area contributed by atoms with Crippen LogP contribution in [0.5, 0.6) is 0 Å². The van der Waals surface area contributed by atoms with Crippen molar-refractivity contribution in [1.29, 1.82) is 0 Å². The Balaban J connectivity index is 4.15.